The first-order valence-corrected chi connectivity index (χ1v) is 9.00. The maximum absolute atomic E-state index is 11.0. The molecule has 27 heavy (non-hydrogen) atoms. The first-order chi connectivity index (χ1) is 12.6. The van der Waals surface area contributed by atoms with Gasteiger partial charge in [0.15, 0.2) is 0 Å². The molecule has 0 aliphatic carbocycles. The third kappa shape index (κ3) is 9.72. The second-order valence-electron chi connectivity index (χ2n) is 7.22. The SMILES string of the molecule is Cc1cc(C(C)C(=O)O)cc(C(C)(C)C)c1O.OCCOCCOCCO. The van der Waals surface area contributed by atoms with Crippen molar-refractivity contribution in [2.24, 2.45) is 0 Å². The molecule has 1 unspecified atom stereocenters. The summed E-state index contributed by atoms with van der Waals surface area (Å²) < 4.78 is 9.75. The molecule has 0 saturated heterocycles. The number of phenols is 1. The highest BCUT2D eigenvalue weighted by Crippen LogP contribution is 2.35. The van der Waals surface area contributed by atoms with Gasteiger partial charge in [-0.2, -0.15) is 0 Å². The van der Waals surface area contributed by atoms with E-state index in [1.165, 1.54) is 0 Å². The van der Waals surface area contributed by atoms with Crippen molar-refractivity contribution >= 4 is 5.97 Å². The van der Waals surface area contributed by atoms with Gasteiger partial charge in [0.05, 0.1) is 45.6 Å². The summed E-state index contributed by atoms with van der Waals surface area (Å²) in [5, 5.41) is 35.6. The van der Waals surface area contributed by atoms with Crippen LogP contribution in [0.2, 0.25) is 0 Å². The van der Waals surface area contributed by atoms with Crippen LogP contribution in [0.1, 0.15) is 50.3 Å². The number of ether oxygens (including phenoxy) is 2. The van der Waals surface area contributed by atoms with Crippen LogP contribution in [0.3, 0.4) is 0 Å². The Hall–Kier alpha value is -1.67. The fourth-order valence-corrected chi connectivity index (χ4v) is 2.22. The van der Waals surface area contributed by atoms with Crippen LogP contribution in [-0.2, 0) is 19.7 Å². The molecule has 1 aromatic rings. The first kappa shape index (κ1) is 25.3. The third-order valence-corrected chi connectivity index (χ3v) is 3.84. The van der Waals surface area contributed by atoms with Crippen LogP contribution in [-0.4, -0.2) is 66.0 Å². The van der Waals surface area contributed by atoms with Crippen molar-refractivity contribution in [3.63, 3.8) is 0 Å². The highest BCUT2D eigenvalue weighted by atomic mass is 16.5. The molecule has 1 aromatic carbocycles. The maximum Gasteiger partial charge on any atom is 0.310 e. The summed E-state index contributed by atoms with van der Waals surface area (Å²) >= 11 is 0. The van der Waals surface area contributed by atoms with Crippen molar-refractivity contribution in [2.45, 2.75) is 46.0 Å². The molecule has 0 radical (unpaired) electrons. The smallest absolute Gasteiger partial charge is 0.310 e. The van der Waals surface area contributed by atoms with Gasteiger partial charge in [0.2, 0.25) is 0 Å². The molecular formula is C20H34O7. The van der Waals surface area contributed by atoms with Crippen LogP contribution in [0.25, 0.3) is 0 Å². The van der Waals surface area contributed by atoms with Gasteiger partial charge < -0.3 is 29.9 Å². The minimum absolute atomic E-state index is 0.0417. The van der Waals surface area contributed by atoms with Crippen molar-refractivity contribution < 1.29 is 34.7 Å². The van der Waals surface area contributed by atoms with Gasteiger partial charge in [0.1, 0.15) is 5.75 Å². The van der Waals surface area contributed by atoms with E-state index in [1.54, 1.807) is 26.0 Å². The van der Waals surface area contributed by atoms with Gasteiger partial charge in [-0.05, 0) is 36.0 Å². The van der Waals surface area contributed by atoms with Crippen molar-refractivity contribution in [2.75, 3.05) is 39.6 Å². The standard InChI is InChI=1S/C14H20O3.C6H14O4/c1-8-6-10(9(2)13(16)17)7-11(12(8)15)14(3,4)5;7-1-3-9-5-6-10-4-2-8/h6-7,9,15H,1-5H3,(H,16,17);7-8H,1-6H2. The fraction of sp³-hybridized carbons (Fsp3) is 0.650. The largest absolute Gasteiger partial charge is 0.507 e. The molecule has 7 heteroatoms. The number of rotatable bonds is 9. The Labute approximate surface area is 161 Å². The Balaban J connectivity index is 0.000000580. The molecule has 7 nitrogen and oxygen atoms in total. The van der Waals surface area contributed by atoms with Crippen molar-refractivity contribution in [3.05, 3.63) is 28.8 Å². The third-order valence-electron chi connectivity index (χ3n) is 3.84. The van der Waals surface area contributed by atoms with Gasteiger partial charge in [-0.3, -0.25) is 4.79 Å². The number of aliphatic carboxylic acids is 1. The van der Waals surface area contributed by atoms with Gasteiger partial charge in [0, 0.05) is 0 Å². The summed E-state index contributed by atoms with van der Waals surface area (Å²) in [7, 11) is 0. The second-order valence-corrected chi connectivity index (χ2v) is 7.22. The van der Waals surface area contributed by atoms with Gasteiger partial charge in [0.25, 0.3) is 0 Å². The molecule has 0 heterocycles. The zero-order chi connectivity index (χ0) is 21.0. The zero-order valence-electron chi connectivity index (χ0n) is 17.0. The fourth-order valence-electron chi connectivity index (χ4n) is 2.22. The minimum atomic E-state index is -0.852. The lowest BCUT2D eigenvalue weighted by atomic mass is 9.82. The van der Waals surface area contributed by atoms with E-state index in [2.05, 4.69) is 0 Å². The van der Waals surface area contributed by atoms with Crippen LogP contribution >= 0.6 is 0 Å². The minimum Gasteiger partial charge on any atom is -0.507 e. The zero-order valence-corrected chi connectivity index (χ0v) is 17.0. The molecule has 0 aliphatic rings. The molecule has 156 valence electrons. The Morgan fingerprint density at radius 3 is 1.89 bits per heavy atom. The van der Waals surface area contributed by atoms with E-state index in [0.29, 0.717) is 26.4 Å². The van der Waals surface area contributed by atoms with E-state index < -0.39 is 11.9 Å². The van der Waals surface area contributed by atoms with Crippen LogP contribution in [0, 0.1) is 6.92 Å². The normalized spacial score (nSPS) is 12.3. The lowest BCUT2D eigenvalue weighted by Crippen LogP contribution is -2.14. The summed E-state index contributed by atoms with van der Waals surface area (Å²) in [6.45, 7) is 11.2. The Morgan fingerprint density at radius 2 is 1.52 bits per heavy atom. The van der Waals surface area contributed by atoms with Gasteiger partial charge in [-0.1, -0.05) is 32.9 Å². The lowest BCUT2D eigenvalue weighted by molar-refractivity contribution is -0.138. The van der Waals surface area contributed by atoms with E-state index in [1.807, 2.05) is 20.8 Å². The number of aliphatic hydroxyl groups is 2. The number of carbonyl (C=O) groups is 1. The van der Waals surface area contributed by atoms with Crippen LogP contribution in [0.5, 0.6) is 5.75 Å². The topological polar surface area (TPSA) is 116 Å². The maximum atomic E-state index is 11.0. The van der Waals surface area contributed by atoms with E-state index in [0.717, 1.165) is 16.7 Å². The number of aromatic hydroxyl groups is 1. The molecule has 0 aromatic heterocycles. The first-order valence-electron chi connectivity index (χ1n) is 9.00. The van der Waals surface area contributed by atoms with E-state index in [4.69, 9.17) is 24.8 Å². The van der Waals surface area contributed by atoms with E-state index in [9.17, 15) is 9.90 Å². The van der Waals surface area contributed by atoms with Crippen molar-refractivity contribution in [3.8, 4) is 5.75 Å². The molecule has 0 saturated carbocycles. The molecule has 4 N–H and O–H groups in total. The number of carboxylic acids is 1. The molecule has 1 atom stereocenters. The average Bonchev–Trinajstić information content (AvgIpc) is 2.59. The number of aryl methyl sites for hydroxylation is 1. The Kier molecular flexibility index (Phi) is 11.9. The summed E-state index contributed by atoms with van der Waals surface area (Å²) in [6, 6.07) is 3.53. The van der Waals surface area contributed by atoms with Crippen LogP contribution < -0.4 is 0 Å². The van der Waals surface area contributed by atoms with Gasteiger partial charge in [-0.25, -0.2) is 0 Å². The van der Waals surface area contributed by atoms with Crippen molar-refractivity contribution in [1.82, 2.24) is 0 Å². The highest BCUT2D eigenvalue weighted by Gasteiger charge is 2.23. The average molecular weight is 386 g/mol. The predicted molar refractivity (Wildman–Crippen MR) is 103 cm³/mol. The van der Waals surface area contributed by atoms with E-state index >= 15 is 0 Å². The van der Waals surface area contributed by atoms with Gasteiger partial charge >= 0.3 is 5.97 Å². The highest BCUT2D eigenvalue weighted by molar-refractivity contribution is 5.76. The Morgan fingerprint density at radius 1 is 1.04 bits per heavy atom. The van der Waals surface area contributed by atoms with Crippen molar-refractivity contribution in [1.29, 1.82) is 0 Å². The predicted octanol–water partition coefficient (Wildman–Crippen LogP) is 2.19. The number of hydrogen-bond acceptors (Lipinski definition) is 6. The quantitative estimate of drug-likeness (QED) is 0.481. The second kappa shape index (κ2) is 12.7. The molecule has 1 rings (SSSR count). The number of carboxylic acid groups (broad SMARTS) is 1. The molecule has 0 amide bonds. The van der Waals surface area contributed by atoms with Crippen LogP contribution in [0.4, 0.5) is 0 Å². The Bertz CT molecular complexity index is 556. The molecular weight excluding hydrogens is 352 g/mol. The molecule has 0 aliphatic heterocycles. The summed E-state index contributed by atoms with van der Waals surface area (Å²) in [6.07, 6.45) is 0. The van der Waals surface area contributed by atoms with Gasteiger partial charge in [-0.15, -0.1) is 0 Å². The molecule has 0 fully saturated rings. The number of benzene rings is 1. The summed E-state index contributed by atoms with van der Waals surface area (Å²) in [4.78, 5) is 11.0. The summed E-state index contributed by atoms with van der Waals surface area (Å²) in [5.41, 5.74) is 2.04. The number of aliphatic hydroxyl groups excluding tert-OH is 2. The molecule has 0 bridgehead atoms. The van der Waals surface area contributed by atoms with Crippen LogP contribution in [0.15, 0.2) is 12.1 Å². The monoisotopic (exact) mass is 386 g/mol. The van der Waals surface area contributed by atoms with E-state index in [-0.39, 0.29) is 24.4 Å². The molecule has 0 spiro atoms. The number of hydrogen-bond donors (Lipinski definition) is 4. The summed E-state index contributed by atoms with van der Waals surface area (Å²) in [5.74, 6) is -1.15. The number of phenolic OH excluding ortho intramolecular Hbond substituents is 1. The lowest BCUT2D eigenvalue weighted by Gasteiger charge is -2.23.